The summed E-state index contributed by atoms with van der Waals surface area (Å²) in [6.07, 6.45) is 6.69. The Kier molecular flexibility index (Phi) is 5.75. The Morgan fingerprint density at radius 1 is 1.18 bits per heavy atom. The third-order valence-electron chi connectivity index (χ3n) is 4.20. The van der Waals surface area contributed by atoms with Crippen molar-refractivity contribution in [2.45, 2.75) is 45.1 Å². The van der Waals surface area contributed by atoms with Crippen LogP contribution in [0.25, 0.3) is 0 Å². The topological polar surface area (TPSA) is 24.5 Å². The largest absolute Gasteiger partial charge is 0.380 e. The molecule has 0 bridgehead atoms. The van der Waals surface area contributed by atoms with Gasteiger partial charge in [-0.05, 0) is 57.7 Å². The van der Waals surface area contributed by atoms with Crippen LogP contribution in [0.3, 0.4) is 0 Å². The van der Waals surface area contributed by atoms with E-state index in [4.69, 9.17) is 4.74 Å². The second-order valence-corrected chi connectivity index (χ2v) is 5.49. The summed E-state index contributed by atoms with van der Waals surface area (Å²) in [5, 5.41) is 3.66. The molecule has 17 heavy (non-hydrogen) atoms. The van der Waals surface area contributed by atoms with Gasteiger partial charge < -0.3 is 15.0 Å². The van der Waals surface area contributed by atoms with Crippen molar-refractivity contribution in [3.8, 4) is 0 Å². The van der Waals surface area contributed by atoms with Crippen molar-refractivity contribution in [3.63, 3.8) is 0 Å². The molecule has 3 heteroatoms. The van der Waals surface area contributed by atoms with Gasteiger partial charge in [0.2, 0.25) is 0 Å². The maximum atomic E-state index is 5.56. The molecule has 1 N–H and O–H groups in total. The lowest BCUT2D eigenvalue weighted by molar-refractivity contribution is 0.0848. The second-order valence-electron chi connectivity index (χ2n) is 5.49. The standard InChI is InChI=1S/C14H28N2O/c1-2-11-17-12-10-16-8-5-13(6-9-16)14-4-3-7-15-14/h13-15H,2-12H2,1H3. The molecule has 0 spiro atoms. The van der Waals surface area contributed by atoms with Crippen molar-refractivity contribution in [1.82, 2.24) is 10.2 Å². The molecule has 1 unspecified atom stereocenters. The summed E-state index contributed by atoms with van der Waals surface area (Å²) in [4.78, 5) is 2.57. The summed E-state index contributed by atoms with van der Waals surface area (Å²) < 4.78 is 5.56. The maximum Gasteiger partial charge on any atom is 0.0593 e. The van der Waals surface area contributed by atoms with Crippen molar-refractivity contribution in [2.24, 2.45) is 5.92 Å². The molecule has 0 amide bonds. The lowest BCUT2D eigenvalue weighted by Gasteiger charge is -2.34. The first-order chi connectivity index (χ1) is 8.40. The van der Waals surface area contributed by atoms with E-state index < -0.39 is 0 Å². The Labute approximate surface area is 106 Å². The van der Waals surface area contributed by atoms with E-state index in [-0.39, 0.29) is 0 Å². The predicted molar refractivity (Wildman–Crippen MR) is 71.3 cm³/mol. The maximum absolute atomic E-state index is 5.56. The lowest BCUT2D eigenvalue weighted by Crippen LogP contribution is -2.41. The molecular weight excluding hydrogens is 212 g/mol. The number of piperidine rings is 1. The van der Waals surface area contributed by atoms with Crippen LogP contribution in [-0.2, 0) is 4.74 Å². The second kappa shape index (κ2) is 7.34. The Hall–Kier alpha value is -0.120. The molecule has 0 radical (unpaired) electrons. The molecule has 100 valence electrons. The molecule has 0 saturated carbocycles. The SMILES string of the molecule is CCCOCCN1CCC(C2CCCN2)CC1. The summed E-state index contributed by atoms with van der Waals surface area (Å²) in [5.41, 5.74) is 0. The fourth-order valence-corrected chi connectivity index (χ4v) is 3.13. The van der Waals surface area contributed by atoms with Gasteiger partial charge in [-0.1, -0.05) is 6.92 Å². The highest BCUT2D eigenvalue weighted by Crippen LogP contribution is 2.25. The third-order valence-corrected chi connectivity index (χ3v) is 4.20. The molecule has 0 aromatic heterocycles. The predicted octanol–water partition coefficient (Wildman–Crippen LogP) is 1.88. The summed E-state index contributed by atoms with van der Waals surface area (Å²) in [5.74, 6) is 0.935. The molecule has 2 saturated heterocycles. The number of nitrogens with one attached hydrogen (secondary N) is 1. The van der Waals surface area contributed by atoms with Gasteiger partial charge in [0, 0.05) is 19.2 Å². The van der Waals surface area contributed by atoms with Crippen LogP contribution < -0.4 is 5.32 Å². The summed E-state index contributed by atoms with van der Waals surface area (Å²) in [6.45, 7) is 8.93. The van der Waals surface area contributed by atoms with Gasteiger partial charge in [0.1, 0.15) is 0 Å². The molecule has 2 heterocycles. The molecule has 0 aromatic carbocycles. The van der Waals surface area contributed by atoms with Crippen molar-refractivity contribution in [1.29, 1.82) is 0 Å². The molecule has 2 aliphatic heterocycles. The summed E-state index contributed by atoms with van der Waals surface area (Å²) in [7, 11) is 0. The highest BCUT2D eigenvalue weighted by atomic mass is 16.5. The van der Waals surface area contributed by atoms with Crippen LogP contribution in [0.1, 0.15) is 39.0 Å². The monoisotopic (exact) mass is 240 g/mol. The van der Waals surface area contributed by atoms with Gasteiger partial charge in [0.05, 0.1) is 6.61 Å². The van der Waals surface area contributed by atoms with Crippen LogP contribution in [0.4, 0.5) is 0 Å². The average Bonchev–Trinajstić information content (AvgIpc) is 2.89. The van der Waals surface area contributed by atoms with E-state index in [2.05, 4.69) is 17.1 Å². The van der Waals surface area contributed by atoms with E-state index in [1.165, 1.54) is 45.3 Å². The number of hydrogen-bond acceptors (Lipinski definition) is 3. The van der Waals surface area contributed by atoms with Crippen molar-refractivity contribution >= 4 is 0 Å². The number of likely N-dealkylation sites (tertiary alicyclic amines) is 1. The Bertz CT molecular complexity index is 196. The van der Waals surface area contributed by atoms with E-state index in [1.807, 2.05) is 0 Å². The first-order valence-electron chi connectivity index (χ1n) is 7.43. The lowest BCUT2D eigenvalue weighted by atomic mass is 9.88. The minimum absolute atomic E-state index is 0.827. The molecule has 0 aliphatic carbocycles. The Morgan fingerprint density at radius 3 is 2.65 bits per heavy atom. The van der Waals surface area contributed by atoms with Gasteiger partial charge >= 0.3 is 0 Å². The van der Waals surface area contributed by atoms with Crippen LogP contribution in [0.5, 0.6) is 0 Å². The van der Waals surface area contributed by atoms with Crippen LogP contribution in [0.15, 0.2) is 0 Å². The minimum atomic E-state index is 0.827. The smallest absolute Gasteiger partial charge is 0.0593 e. The highest BCUT2D eigenvalue weighted by molar-refractivity contribution is 4.85. The van der Waals surface area contributed by atoms with E-state index >= 15 is 0 Å². The minimum Gasteiger partial charge on any atom is -0.380 e. The van der Waals surface area contributed by atoms with Gasteiger partial charge in [-0.3, -0.25) is 0 Å². The van der Waals surface area contributed by atoms with Crippen LogP contribution in [0, 0.1) is 5.92 Å². The van der Waals surface area contributed by atoms with Crippen molar-refractivity contribution in [3.05, 3.63) is 0 Å². The van der Waals surface area contributed by atoms with E-state index in [9.17, 15) is 0 Å². The van der Waals surface area contributed by atoms with Gasteiger partial charge in [-0.25, -0.2) is 0 Å². The first-order valence-corrected chi connectivity index (χ1v) is 7.43. The Balaban J connectivity index is 1.57. The molecule has 2 rings (SSSR count). The van der Waals surface area contributed by atoms with Gasteiger partial charge in [0.25, 0.3) is 0 Å². The zero-order valence-corrected chi connectivity index (χ0v) is 11.3. The van der Waals surface area contributed by atoms with Gasteiger partial charge in [-0.2, -0.15) is 0 Å². The fourth-order valence-electron chi connectivity index (χ4n) is 3.13. The van der Waals surface area contributed by atoms with E-state index in [0.29, 0.717) is 0 Å². The van der Waals surface area contributed by atoms with Crippen molar-refractivity contribution in [2.75, 3.05) is 39.4 Å². The first kappa shape index (κ1) is 13.3. The van der Waals surface area contributed by atoms with Crippen LogP contribution in [-0.4, -0.2) is 50.3 Å². The zero-order chi connectivity index (χ0) is 11.9. The molecule has 1 atom stereocenters. The zero-order valence-electron chi connectivity index (χ0n) is 11.3. The van der Waals surface area contributed by atoms with Crippen molar-refractivity contribution < 1.29 is 4.74 Å². The molecule has 3 nitrogen and oxygen atoms in total. The van der Waals surface area contributed by atoms with Crippen LogP contribution in [0.2, 0.25) is 0 Å². The Morgan fingerprint density at radius 2 is 2.00 bits per heavy atom. The molecule has 2 aliphatic rings. The molecule has 0 aromatic rings. The quantitative estimate of drug-likeness (QED) is 0.717. The van der Waals surface area contributed by atoms with E-state index in [0.717, 1.165) is 38.1 Å². The third kappa shape index (κ3) is 4.23. The normalized spacial score (nSPS) is 27.7. The average molecular weight is 240 g/mol. The number of rotatable bonds is 6. The van der Waals surface area contributed by atoms with E-state index in [1.54, 1.807) is 0 Å². The summed E-state index contributed by atoms with van der Waals surface area (Å²) in [6, 6.07) is 0.827. The number of ether oxygens (including phenoxy) is 1. The van der Waals surface area contributed by atoms with Gasteiger partial charge in [0.15, 0.2) is 0 Å². The molecule has 2 fully saturated rings. The highest BCUT2D eigenvalue weighted by Gasteiger charge is 2.27. The van der Waals surface area contributed by atoms with Gasteiger partial charge in [-0.15, -0.1) is 0 Å². The summed E-state index contributed by atoms with van der Waals surface area (Å²) >= 11 is 0. The number of hydrogen-bond donors (Lipinski definition) is 1. The fraction of sp³-hybridized carbons (Fsp3) is 1.00. The number of nitrogens with zero attached hydrogens (tertiary/aromatic N) is 1. The molecular formula is C14H28N2O. The van der Waals surface area contributed by atoms with Crippen LogP contribution >= 0.6 is 0 Å².